The number of unbranched alkanes of at least 4 members (excludes halogenated alkanes) is 1. The van der Waals surface area contributed by atoms with Crippen LogP contribution < -0.4 is 14.9 Å². The maximum absolute atomic E-state index is 11.8. The van der Waals surface area contributed by atoms with E-state index in [1.54, 1.807) is 13.3 Å². The van der Waals surface area contributed by atoms with Crippen LogP contribution in [-0.4, -0.2) is 30.8 Å². The van der Waals surface area contributed by atoms with Crippen molar-refractivity contribution in [3.05, 3.63) is 39.8 Å². The molecule has 0 fully saturated rings. The zero-order valence-corrected chi connectivity index (χ0v) is 15.6. The maximum atomic E-state index is 11.8. The van der Waals surface area contributed by atoms with Gasteiger partial charge in [0.15, 0.2) is 11.5 Å². The van der Waals surface area contributed by atoms with E-state index < -0.39 is 0 Å². The average molecular weight is 361 g/mol. The molecule has 0 saturated carbocycles. The molecule has 7 heteroatoms. The minimum Gasteiger partial charge on any atom is -0.493 e. The Morgan fingerprint density at radius 1 is 1.40 bits per heavy atom. The number of methoxy groups -OCH3 is 1. The van der Waals surface area contributed by atoms with Gasteiger partial charge in [-0.15, -0.1) is 11.3 Å². The maximum Gasteiger partial charge on any atom is 0.246 e. The molecule has 1 aromatic heterocycles. The largest absolute Gasteiger partial charge is 0.493 e. The van der Waals surface area contributed by atoms with E-state index in [0.29, 0.717) is 18.1 Å². The molecule has 6 nitrogen and oxygen atoms in total. The zero-order valence-electron chi connectivity index (χ0n) is 14.7. The molecule has 0 radical (unpaired) electrons. The summed E-state index contributed by atoms with van der Waals surface area (Å²) >= 11 is 1.52. The van der Waals surface area contributed by atoms with Crippen LogP contribution in [0.5, 0.6) is 11.5 Å². The Bertz CT molecular complexity index is 728. The van der Waals surface area contributed by atoms with E-state index in [0.717, 1.165) is 29.1 Å². The van der Waals surface area contributed by atoms with Crippen molar-refractivity contribution < 1.29 is 14.3 Å². The van der Waals surface area contributed by atoms with Gasteiger partial charge in [-0.1, -0.05) is 13.3 Å². The van der Waals surface area contributed by atoms with Crippen molar-refractivity contribution in [2.24, 2.45) is 5.10 Å². The third-order valence-electron chi connectivity index (χ3n) is 3.35. The molecule has 0 saturated heterocycles. The summed E-state index contributed by atoms with van der Waals surface area (Å²) in [6, 6.07) is 5.52. The lowest BCUT2D eigenvalue weighted by atomic mass is 10.2. The number of carbonyl (C=O) groups is 1. The second-order valence-electron chi connectivity index (χ2n) is 5.44. The second kappa shape index (κ2) is 9.78. The van der Waals surface area contributed by atoms with Gasteiger partial charge in [0.2, 0.25) is 5.91 Å². The Balaban J connectivity index is 1.92. The van der Waals surface area contributed by atoms with Gasteiger partial charge < -0.3 is 9.47 Å². The third-order valence-corrected chi connectivity index (χ3v) is 4.18. The van der Waals surface area contributed by atoms with Gasteiger partial charge in [0.1, 0.15) is 0 Å². The highest BCUT2D eigenvalue weighted by Crippen LogP contribution is 2.27. The predicted octanol–water partition coefficient (Wildman–Crippen LogP) is 3.33. The first-order chi connectivity index (χ1) is 12.1. The quantitative estimate of drug-likeness (QED) is 0.422. The monoisotopic (exact) mass is 361 g/mol. The van der Waals surface area contributed by atoms with Gasteiger partial charge in [0.25, 0.3) is 0 Å². The molecule has 0 atom stereocenters. The summed E-state index contributed by atoms with van der Waals surface area (Å²) in [5.41, 5.74) is 4.08. The molecule has 1 N–H and O–H groups in total. The SMILES string of the molecule is CCCCOc1cc(/C=N\NC(=O)Cc2csc(C)n2)ccc1OC. The molecule has 0 aliphatic rings. The highest BCUT2D eigenvalue weighted by Gasteiger charge is 2.06. The molecular formula is C18H23N3O3S. The van der Waals surface area contributed by atoms with Gasteiger partial charge in [-0.25, -0.2) is 10.4 Å². The number of rotatable bonds is 9. The number of benzene rings is 1. The molecule has 134 valence electrons. The minimum absolute atomic E-state index is 0.200. The lowest BCUT2D eigenvalue weighted by molar-refractivity contribution is -0.120. The van der Waals surface area contributed by atoms with Crippen molar-refractivity contribution >= 4 is 23.5 Å². The number of ether oxygens (including phenoxy) is 2. The van der Waals surface area contributed by atoms with E-state index in [1.165, 1.54) is 11.3 Å². The molecule has 2 aromatic rings. The zero-order chi connectivity index (χ0) is 18.1. The number of thiazole rings is 1. The number of aromatic nitrogens is 1. The van der Waals surface area contributed by atoms with Gasteiger partial charge in [-0.3, -0.25) is 4.79 Å². The van der Waals surface area contributed by atoms with E-state index in [9.17, 15) is 4.79 Å². The lowest BCUT2D eigenvalue weighted by Gasteiger charge is -2.10. The summed E-state index contributed by atoms with van der Waals surface area (Å²) in [4.78, 5) is 16.1. The molecule has 0 spiro atoms. The number of hydrogen-bond donors (Lipinski definition) is 1. The summed E-state index contributed by atoms with van der Waals surface area (Å²) in [7, 11) is 1.61. The molecule has 1 aromatic carbocycles. The first-order valence-electron chi connectivity index (χ1n) is 8.16. The average Bonchev–Trinajstić information content (AvgIpc) is 3.00. The third kappa shape index (κ3) is 6.19. The Morgan fingerprint density at radius 3 is 2.92 bits per heavy atom. The van der Waals surface area contributed by atoms with Crippen molar-refractivity contribution in [3.63, 3.8) is 0 Å². The van der Waals surface area contributed by atoms with Crippen LogP contribution in [0, 0.1) is 6.92 Å². The smallest absolute Gasteiger partial charge is 0.246 e. The molecule has 1 amide bonds. The fourth-order valence-electron chi connectivity index (χ4n) is 2.09. The van der Waals surface area contributed by atoms with Crippen LogP contribution in [-0.2, 0) is 11.2 Å². The van der Waals surface area contributed by atoms with E-state index in [4.69, 9.17) is 9.47 Å². The normalized spacial score (nSPS) is 10.8. The fourth-order valence-corrected chi connectivity index (χ4v) is 2.70. The molecule has 2 rings (SSSR count). The van der Waals surface area contributed by atoms with Crippen LogP contribution in [0.15, 0.2) is 28.7 Å². The molecule has 0 bridgehead atoms. The summed E-state index contributed by atoms with van der Waals surface area (Å²) in [6.45, 7) is 4.66. The lowest BCUT2D eigenvalue weighted by Crippen LogP contribution is -2.19. The van der Waals surface area contributed by atoms with Crippen LogP contribution in [0.25, 0.3) is 0 Å². The fraction of sp³-hybridized carbons (Fsp3) is 0.389. The van der Waals surface area contributed by atoms with E-state index >= 15 is 0 Å². The van der Waals surface area contributed by atoms with E-state index in [-0.39, 0.29) is 12.3 Å². The van der Waals surface area contributed by atoms with Crippen molar-refractivity contribution in [3.8, 4) is 11.5 Å². The first kappa shape index (κ1) is 18.9. The molecular weight excluding hydrogens is 338 g/mol. The van der Waals surface area contributed by atoms with Crippen molar-refractivity contribution in [1.29, 1.82) is 0 Å². The van der Waals surface area contributed by atoms with Crippen LogP contribution in [0.2, 0.25) is 0 Å². The Hall–Kier alpha value is -2.41. The number of amides is 1. The molecule has 0 aliphatic heterocycles. The predicted molar refractivity (Wildman–Crippen MR) is 99.7 cm³/mol. The number of nitrogens with zero attached hydrogens (tertiary/aromatic N) is 2. The highest BCUT2D eigenvalue weighted by atomic mass is 32.1. The highest BCUT2D eigenvalue weighted by molar-refractivity contribution is 7.09. The first-order valence-corrected chi connectivity index (χ1v) is 9.04. The van der Waals surface area contributed by atoms with Gasteiger partial charge in [0, 0.05) is 5.38 Å². The summed E-state index contributed by atoms with van der Waals surface area (Å²) in [5, 5.41) is 6.81. The molecule has 0 unspecified atom stereocenters. The molecule has 25 heavy (non-hydrogen) atoms. The number of carbonyl (C=O) groups excluding carboxylic acids is 1. The molecule has 1 heterocycles. The molecule has 0 aliphatic carbocycles. The number of nitrogens with one attached hydrogen (secondary N) is 1. The Morgan fingerprint density at radius 2 is 2.24 bits per heavy atom. The number of aryl methyl sites for hydroxylation is 1. The Labute approximate surface area is 151 Å². The van der Waals surface area contributed by atoms with E-state index in [2.05, 4.69) is 22.4 Å². The van der Waals surface area contributed by atoms with Crippen molar-refractivity contribution in [1.82, 2.24) is 10.4 Å². The summed E-state index contributed by atoms with van der Waals surface area (Å²) < 4.78 is 11.0. The van der Waals surface area contributed by atoms with E-state index in [1.807, 2.05) is 30.5 Å². The second-order valence-corrected chi connectivity index (χ2v) is 6.50. The van der Waals surface area contributed by atoms with Crippen LogP contribution in [0.4, 0.5) is 0 Å². The topological polar surface area (TPSA) is 72.8 Å². The van der Waals surface area contributed by atoms with Crippen LogP contribution >= 0.6 is 11.3 Å². The van der Waals surface area contributed by atoms with Crippen LogP contribution in [0.3, 0.4) is 0 Å². The van der Waals surface area contributed by atoms with Gasteiger partial charge in [0.05, 0.1) is 37.1 Å². The van der Waals surface area contributed by atoms with Gasteiger partial charge >= 0.3 is 0 Å². The van der Waals surface area contributed by atoms with Crippen molar-refractivity contribution in [2.45, 2.75) is 33.1 Å². The van der Waals surface area contributed by atoms with Gasteiger partial charge in [-0.05, 0) is 37.1 Å². The van der Waals surface area contributed by atoms with Crippen molar-refractivity contribution in [2.75, 3.05) is 13.7 Å². The standard InChI is InChI=1S/C18H23N3O3S/c1-4-5-8-24-17-9-14(6-7-16(17)23-3)11-19-21-18(22)10-15-12-25-13(2)20-15/h6-7,9,11-12H,4-5,8,10H2,1-3H3,(H,21,22)/b19-11-. The minimum atomic E-state index is -0.200. The van der Waals surface area contributed by atoms with Crippen LogP contribution in [0.1, 0.15) is 36.0 Å². The number of hydrogen-bond acceptors (Lipinski definition) is 6. The van der Waals surface area contributed by atoms with Gasteiger partial charge in [-0.2, -0.15) is 5.10 Å². The number of hydrazone groups is 1. The Kier molecular flexibility index (Phi) is 7.40. The summed E-state index contributed by atoms with van der Waals surface area (Å²) in [6.07, 6.45) is 3.84. The summed E-state index contributed by atoms with van der Waals surface area (Å²) in [5.74, 6) is 1.15.